The van der Waals surface area contributed by atoms with Crippen LogP contribution in [0.2, 0.25) is 5.02 Å². The molecule has 0 saturated carbocycles. The maximum Gasteiger partial charge on any atom is 0.188 e. The first-order valence-corrected chi connectivity index (χ1v) is 6.71. The highest BCUT2D eigenvalue weighted by molar-refractivity contribution is 9.10. The zero-order valence-corrected chi connectivity index (χ0v) is 12.2. The topological polar surface area (TPSA) is 26.3 Å². The van der Waals surface area contributed by atoms with Crippen molar-refractivity contribution in [1.29, 1.82) is 0 Å². The van der Waals surface area contributed by atoms with Gasteiger partial charge in [0.15, 0.2) is 5.78 Å². The van der Waals surface area contributed by atoms with Crippen molar-refractivity contribution in [2.24, 2.45) is 0 Å². The first-order chi connectivity index (χ1) is 9.15. The van der Waals surface area contributed by atoms with Crippen LogP contribution in [0.25, 0.3) is 0 Å². The second-order valence-corrected chi connectivity index (χ2v) is 5.10. The van der Waals surface area contributed by atoms with Crippen molar-refractivity contribution < 1.29 is 9.53 Å². The van der Waals surface area contributed by atoms with Crippen LogP contribution in [-0.2, 0) is 0 Å². The standard InChI is InChI=1S/C15H10BrClO2/c16-12-3-1-11(2-4-12)15(18)9-10-19-14-7-5-13(17)6-8-14/h1-10H. The molecule has 0 aliphatic carbocycles. The molecule has 0 heterocycles. The van der Waals surface area contributed by atoms with Crippen LogP contribution >= 0.6 is 27.5 Å². The summed E-state index contributed by atoms with van der Waals surface area (Å²) in [5.74, 6) is 0.519. The number of hydrogen-bond acceptors (Lipinski definition) is 2. The zero-order valence-electron chi connectivity index (χ0n) is 9.85. The van der Waals surface area contributed by atoms with Gasteiger partial charge >= 0.3 is 0 Å². The smallest absolute Gasteiger partial charge is 0.188 e. The second kappa shape index (κ2) is 6.55. The number of halogens is 2. The zero-order chi connectivity index (χ0) is 13.7. The van der Waals surface area contributed by atoms with Gasteiger partial charge in [-0.1, -0.05) is 27.5 Å². The summed E-state index contributed by atoms with van der Waals surface area (Å²) in [4.78, 5) is 11.8. The Bertz CT molecular complexity index is 589. The van der Waals surface area contributed by atoms with Crippen molar-refractivity contribution in [3.8, 4) is 5.75 Å². The molecule has 19 heavy (non-hydrogen) atoms. The van der Waals surface area contributed by atoms with Crippen molar-refractivity contribution in [1.82, 2.24) is 0 Å². The van der Waals surface area contributed by atoms with Gasteiger partial charge < -0.3 is 4.74 Å². The van der Waals surface area contributed by atoms with E-state index in [1.165, 1.54) is 12.3 Å². The first kappa shape index (κ1) is 13.8. The van der Waals surface area contributed by atoms with E-state index >= 15 is 0 Å². The molecule has 0 N–H and O–H groups in total. The van der Waals surface area contributed by atoms with Crippen LogP contribution in [-0.4, -0.2) is 5.78 Å². The molecular weight excluding hydrogens is 328 g/mol. The summed E-state index contributed by atoms with van der Waals surface area (Å²) in [6.07, 6.45) is 2.76. The van der Waals surface area contributed by atoms with Crippen LogP contribution < -0.4 is 4.74 Å². The number of ether oxygens (including phenoxy) is 1. The molecule has 0 radical (unpaired) electrons. The molecule has 0 aliphatic rings. The van der Waals surface area contributed by atoms with Crippen molar-refractivity contribution in [2.75, 3.05) is 0 Å². The lowest BCUT2D eigenvalue weighted by Gasteiger charge is -1.99. The largest absolute Gasteiger partial charge is 0.465 e. The van der Waals surface area contributed by atoms with Crippen LogP contribution in [0.4, 0.5) is 0 Å². The van der Waals surface area contributed by atoms with Gasteiger partial charge in [-0.25, -0.2) is 0 Å². The van der Waals surface area contributed by atoms with Gasteiger partial charge in [0.05, 0.1) is 6.26 Å². The molecule has 2 rings (SSSR count). The monoisotopic (exact) mass is 336 g/mol. The summed E-state index contributed by atoms with van der Waals surface area (Å²) in [5.41, 5.74) is 0.610. The van der Waals surface area contributed by atoms with E-state index in [-0.39, 0.29) is 5.78 Å². The summed E-state index contributed by atoms with van der Waals surface area (Å²) in [5, 5.41) is 0.641. The molecule has 0 amide bonds. The quantitative estimate of drug-likeness (QED) is 0.451. The normalized spacial score (nSPS) is 10.6. The lowest BCUT2D eigenvalue weighted by Crippen LogP contribution is -1.94. The molecule has 2 nitrogen and oxygen atoms in total. The van der Waals surface area contributed by atoms with Gasteiger partial charge in [-0.3, -0.25) is 4.79 Å². The SMILES string of the molecule is O=C(C=COc1ccc(Cl)cc1)c1ccc(Br)cc1. The van der Waals surface area contributed by atoms with Gasteiger partial charge in [0, 0.05) is 21.1 Å². The van der Waals surface area contributed by atoms with Crippen molar-refractivity contribution >= 4 is 33.3 Å². The molecule has 0 aliphatic heterocycles. The van der Waals surface area contributed by atoms with Crippen LogP contribution in [0, 0.1) is 0 Å². The molecule has 0 saturated heterocycles. The van der Waals surface area contributed by atoms with Gasteiger partial charge in [-0.2, -0.15) is 0 Å². The third kappa shape index (κ3) is 4.23. The molecule has 0 spiro atoms. The number of benzene rings is 2. The molecule has 2 aromatic rings. The second-order valence-electron chi connectivity index (χ2n) is 3.75. The Morgan fingerprint density at radius 2 is 1.68 bits per heavy atom. The van der Waals surface area contributed by atoms with Gasteiger partial charge in [-0.15, -0.1) is 0 Å². The molecule has 96 valence electrons. The highest BCUT2D eigenvalue weighted by Crippen LogP contribution is 2.16. The average Bonchev–Trinajstić information content (AvgIpc) is 2.41. The van der Waals surface area contributed by atoms with Crippen molar-refractivity contribution in [2.45, 2.75) is 0 Å². The fourth-order valence-electron chi connectivity index (χ4n) is 1.40. The van der Waals surface area contributed by atoms with E-state index in [1.54, 1.807) is 36.4 Å². The Labute approximate surface area is 124 Å². The summed E-state index contributed by atoms with van der Waals surface area (Å²) < 4.78 is 6.24. The minimum atomic E-state index is -0.110. The Hall–Kier alpha value is -1.58. The average molecular weight is 338 g/mol. The van der Waals surface area contributed by atoms with E-state index < -0.39 is 0 Å². The minimum absolute atomic E-state index is 0.110. The van der Waals surface area contributed by atoms with Crippen LogP contribution in [0.5, 0.6) is 5.75 Å². The summed E-state index contributed by atoms with van der Waals surface area (Å²) in [7, 11) is 0. The fourth-order valence-corrected chi connectivity index (χ4v) is 1.79. The lowest BCUT2D eigenvalue weighted by atomic mass is 10.1. The number of allylic oxidation sites excluding steroid dienone is 1. The third-order valence-corrected chi connectivity index (χ3v) is 3.15. The van der Waals surface area contributed by atoms with Gasteiger partial charge in [-0.05, 0) is 48.5 Å². The van der Waals surface area contributed by atoms with E-state index in [4.69, 9.17) is 16.3 Å². The lowest BCUT2D eigenvalue weighted by molar-refractivity contribution is 0.104. The molecule has 2 aromatic carbocycles. The van der Waals surface area contributed by atoms with Gasteiger partial charge in [0.1, 0.15) is 5.75 Å². The van der Waals surface area contributed by atoms with E-state index in [1.807, 2.05) is 12.1 Å². The van der Waals surface area contributed by atoms with Gasteiger partial charge in [0.2, 0.25) is 0 Å². The number of rotatable bonds is 4. The maximum absolute atomic E-state index is 11.8. The third-order valence-electron chi connectivity index (χ3n) is 2.37. The van der Waals surface area contributed by atoms with Crippen molar-refractivity contribution in [3.63, 3.8) is 0 Å². The van der Waals surface area contributed by atoms with E-state index in [2.05, 4.69) is 15.9 Å². The Balaban J connectivity index is 1.97. The summed E-state index contributed by atoms with van der Waals surface area (Å²) in [6, 6.07) is 14.1. The summed E-state index contributed by atoms with van der Waals surface area (Å²) >= 11 is 9.08. The predicted octanol–water partition coefficient (Wildman–Crippen LogP) is 4.88. The molecule has 0 bridgehead atoms. The maximum atomic E-state index is 11.8. The predicted molar refractivity (Wildman–Crippen MR) is 79.7 cm³/mol. The molecular formula is C15H10BrClO2. The number of hydrogen-bond donors (Lipinski definition) is 0. The molecule has 0 atom stereocenters. The van der Waals surface area contributed by atoms with Gasteiger partial charge in [0.25, 0.3) is 0 Å². The molecule has 4 heteroatoms. The number of ketones is 1. The minimum Gasteiger partial charge on any atom is -0.465 e. The highest BCUT2D eigenvalue weighted by atomic mass is 79.9. The van der Waals surface area contributed by atoms with Crippen molar-refractivity contribution in [3.05, 3.63) is 75.9 Å². The first-order valence-electron chi connectivity index (χ1n) is 5.54. The molecule has 0 aromatic heterocycles. The van der Waals surface area contributed by atoms with Crippen LogP contribution in [0.1, 0.15) is 10.4 Å². The van der Waals surface area contributed by atoms with E-state index in [0.717, 1.165) is 4.47 Å². The number of carbonyl (C=O) groups excluding carboxylic acids is 1. The Morgan fingerprint density at radius 3 is 2.32 bits per heavy atom. The fraction of sp³-hybridized carbons (Fsp3) is 0. The van der Waals surface area contributed by atoms with E-state index in [9.17, 15) is 4.79 Å². The highest BCUT2D eigenvalue weighted by Gasteiger charge is 2.00. The number of carbonyl (C=O) groups is 1. The summed E-state index contributed by atoms with van der Waals surface area (Å²) in [6.45, 7) is 0. The van der Waals surface area contributed by atoms with Crippen LogP contribution in [0.3, 0.4) is 0 Å². The Kier molecular flexibility index (Phi) is 4.77. The molecule has 0 unspecified atom stereocenters. The van der Waals surface area contributed by atoms with E-state index in [0.29, 0.717) is 16.3 Å². The van der Waals surface area contributed by atoms with Crippen LogP contribution in [0.15, 0.2) is 65.3 Å². The Morgan fingerprint density at radius 1 is 1.05 bits per heavy atom. The molecule has 0 fully saturated rings.